The third-order valence-electron chi connectivity index (χ3n) is 5.77. The number of carbonyl (C=O) groups is 2. The Morgan fingerprint density at radius 2 is 2.10 bits per heavy atom. The smallest absolute Gasteiger partial charge is 0.331 e. The van der Waals surface area contributed by atoms with Crippen LogP contribution >= 0.6 is 11.3 Å². The topological polar surface area (TPSA) is 77.6 Å². The number of aromatic nitrogens is 1. The van der Waals surface area contributed by atoms with E-state index < -0.39 is 0 Å². The molecule has 0 spiro atoms. The van der Waals surface area contributed by atoms with Crippen molar-refractivity contribution >= 4 is 50.6 Å². The molecule has 0 unspecified atom stereocenters. The maximum atomic E-state index is 13.1. The lowest BCUT2D eigenvalue weighted by atomic mass is 10.1. The van der Waals surface area contributed by atoms with Crippen molar-refractivity contribution < 1.29 is 9.59 Å². The number of thiophene rings is 1. The van der Waals surface area contributed by atoms with Gasteiger partial charge in [0.25, 0.3) is 5.91 Å². The summed E-state index contributed by atoms with van der Waals surface area (Å²) in [6.07, 6.45) is 3.72. The fourth-order valence-electron chi connectivity index (χ4n) is 4.33. The van der Waals surface area contributed by atoms with Gasteiger partial charge in [-0.2, -0.15) is 0 Å². The van der Waals surface area contributed by atoms with E-state index in [-0.39, 0.29) is 18.0 Å². The van der Waals surface area contributed by atoms with Crippen molar-refractivity contribution in [3.8, 4) is 0 Å². The van der Waals surface area contributed by atoms with E-state index in [4.69, 9.17) is 0 Å². The number of benzene rings is 1. The Labute approximate surface area is 178 Å². The third-order valence-corrected chi connectivity index (χ3v) is 6.86. The molecule has 1 saturated heterocycles. The van der Waals surface area contributed by atoms with Crippen molar-refractivity contribution in [3.05, 3.63) is 47.0 Å². The van der Waals surface area contributed by atoms with Gasteiger partial charge in [-0.1, -0.05) is 18.2 Å². The number of nitrogens with one attached hydrogen (secondary N) is 2. The van der Waals surface area contributed by atoms with Gasteiger partial charge in [0.2, 0.25) is 0 Å². The lowest BCUT2D eigenvalue weighted by molar-refractivity contribution is 0.0917. The Kier molecular flexibility index (Phi) is 4.67. The maximum Gasteiger partial charge on any atom is 0.331 e. The molecule has 7 nitrogen and oxygen atoms in total. The minimum Gasteiger partial charge on any atom is -0.347 e. The van der Waals surface area contributed by atoms with Crippen LogP contribution in [-0.4, -0.2) is 48.0 Å². The van der Waals surface area contributed by atoms with Gasteiger partial charge < -0.3 is 15.5 Å². The first kappa shape index (κ1) is 19.0. The number of amides is 3. The zero-order valence-corrected chi connectivity index (χ0v) is 17.8. The van der Waals surface area contributed by atoms with E-state index in [1.54, 1.807) is 11.1 Å². The van der Waals surface area contributed by atoms with Crippen LogP contribution in [0.3, 0.4) is 0 Å². The van der Waals surface area contributed by atoms with Gasteiger partial charge in [0.15, 0.2) is 0 Å². The monoisotopic (exact) mass is 421 g/mol. The van der Waals surface area contributed by atoms with Crippen LogP contribution in [0.15, 0.2) is 36.5 Å². The first-order chi connectivity index (χ1) is 14.5. The minimum atomic E-state index is -0.269. The molecule has 154 valence electrons. The molecule has 5 rings (SSSR count). The van der Waals surface area contributed by atoms with Crippen LogP contribution in [0.4, 0.5) is 21.9 Å². The van der Waals surface area contributed by atoms with Crippen LogP contribution in [0.1, 0.15) is 28.1 Å². The maximum absolute atomic E-state index is 13.1. The highest BCUT2D eigenvalue weighted by molar-refractivity contribution is 7.21. The van der Waals surface area contributed by atoms with Crippen LogP contribution in [0, 0.1) is 6.92 Å². The van der Waals surface area contributed by atoms with Gasteiger partial charge in [-0.25, -0.2) is 9.78 Å². The van der Waals surface area contributed by atoms with Crippen molar-refractivity contribution in [2.75, 3.05) is 30.4 Å². The summed E-state index contributed by atoms with van der Waals surface area (Å²) in [5, 5.41) is 6.93. The number of piperidine rings is 1. The Morgan fingerprint density at radius 3 is 2.90 bits per heavy atom. The fraction of sp³-hybridized carbons (Fsp3) is 0.318. The third kappa shape index (κ3) is 3.12. The van der Waals surface area contributed by atoms with Crippen molar-refractivity contribution in [2.24, 2.45) is 0 Å². The number of hydrogen-bond donors (Lipinski definition) is 2. The van der Waals surface area contributed by atoms with E-state index in [2.05, 4.69) is 27.6 Å². The molecule has 3 aromatic rings. The lowest BCUT2D eigenvalue weighted by Gasteiger charge is -2.31. The minimum absolute atomic E-state index is 0.115. The number of hydrogen-bond acceptors (Lipinski definition) is 5. The van der Waals surface area contributed by atoms with E-state index >= 15 is 0 Å². The zero-order chi connectivity index (χ0) is 20.8. The average Bonchev–Trinajstić information content (AvgIpc) is 3.09. The Bertz CT molecular complexity index is 1160. The fourth-order valence-corrected chi connectivity index (χ4v) is 5.36. The lowest BCUT2D eigenvalue weighted by Crippen LogP contribution is -2.46. The number of para-hydroxylation sites is 1. The van der Waals surface area contributed by atoms with Crippen molar-refractivity contribution in [1.82, 2.24) is 15.2 Å². The Morgan fingerprint density at radius 1 is 1.27 bits per heavy atom. The van der Waals surface area contributed by atoms with Crippen LogP contribution < -0.4 is 15.5 Å². The molecule has 2 aromatic heterocycles. The number of likely N-dealkylation sites (tertiary alicyclic amines) is 1. The van der Waals surface area contributed by atoms with E-state index in [1.165, 1.54) is 11.3 Å². The quantitative estimate of drug-likeness (QED) is 0.667. The number of pyridine rings is 1. The molecule has 1 aromatic carbocycles. The predicted octanol–water partition coefficient (Wildman–Crippen LogP) is 4.11. The first-order valence-electron chi connectivity index (χ1n) is 10.1. The predicted molar refractivity (Wildman–Crippen MR) is 120 cm³/mol. The van der Waals surface area contributed by atoms with Crippen LogP contribution in [-0.2, 0) is 0 Å². The van der Waals surface area contributed by atoms with Gasteiger partial charge in [-0.05, 0) is 51.1 Å². The molecule has 1 atom stereocenters. The number of carbonyl (C=O) groups excluding carboxylic acids is 2. The number of likely N-dealkylation sites (N-methyl/N-ethyl adjacent to an activating group) is 1. The molecule has 3 amide bonds. The second-order valence-electron chi connectivity index (χ2n) is 7.94. The molecule has 4 heterocycles. The van der Waals surface area contributed by atoms with Crippen LogP contribution in [0.2, 0.25) is 0 Å². The molecular formula is C22H23N5O2S. The molecule has 0 bridgehead atoms. The Balaban J connectivity index is 1.56. The van der Waals surface area contributed by atoms with E-state index in [0.29, 0.717) is 10.6 Å². The van der Waals surface area contributed by atoms with E-state index in [9.17, 15) is 9.59 Å². The summed E-state index contributed by atoms with van der Waals surface area (Å²) in [4.78, 5) is 35.8. The van der Waals surface area contributed by atoms with Crippen molar-refractivity contribution in [2.45, 2.75) is 25.8 Å². The molecule has 2 aliphatic rings. The summed E-state index contributed by atoms with van der Waals surface area (Å²) in [5.74, 6) is -0.149. The second kappa shape index (κ2) is 7.37. The number of anilines is 3. The summed E-state index contributed by atoms with van der Waals surface area (Å²) in [7, 11) is 2.07. The van der Waals surface area contributed by atoms with Crippen molar-refractivity contribution in [3.63, 3.8) is 0 Å². The molecule has 8 heteroatoms. The zero-order valence-electron chi connectivity index (χ0n) is 16.9. The normalized spacial score (nSPS) is 19.1. The number of urea groups is 1. The van der Waals surface area contributed by atoms with Gasteiger partial charge in [0, 0.05) is 18.8 Å². The van der Waals surface area contributed by atoms with Crippen molar-refractivity contribution in [1.29, 1.82) is 0 Å². The van der Waals surface area contributed by atoms with E-state index in [0.717, 1.165) is 53.1 Å². The van der Waals surface area contributed by atoms with Gasteiger partial charge in [-0.3, -0.25) is 9.69 Å². The standard InChI is InChI=1S/C22H23N5O2S/c1-13-6-3-4-8-15(13)27-16-9-10-23-21-17(16)18(25-22(27)29)19(30-21)20(28)24-14-7-5-11-26(2)12-14/h3-4,6,8-10,14H,5,7,11-12H2,1-2H3,(H,24,28)(H,25,29)/t14-/m1/s1. The molecule has 2 aliphatic heterocycles. The van der Waals surface area contributed by atoms with E-state index in [1.807, 2.05) is 37.3 Å². The number of rotatable bonds is 3. The summed E-state index contributed by atoms with van der Waals surface area (Å²) < 4.78 is 0. The first-order valence-corrected chi connectivity index (χ1v) is 10.9. The highest BCUT2D eigenvalue weighted by Gasteiger charge is 2.33. The highest BCUT2D eigenvalue weighted by Crippen LogP contribution is 2.46. The summed E-state index contributed by atoms with van der Waals surface area (Å²) in [6.45, 7) is 3.87. The summed E-state index contributed by atoms with van der Waals surface area (Å²) in [5.41, 5.74) is 3.13. The van der Waals surface area contributed by atoms with Crippen LogP contribution in [0.25, 0.3) is 10.2 Å². The molecule has 0 aliphatic carbocycles. The molecule has 2 N–H and O–H groups in total. The molecule has 30 heavy (non-hydrogen) atoms. The molecular weight excluding hydrogens is 398 g/mol. The van der Waals surface area contributed by atoms with Crippen LogP contribution in [0.5, 0.6) is 0 Å². The SMILES string of the molecule is Cc1ccccc1N1C(=O)Nc2c(C(=O)N[C@@H]3CCCN(C)C3)sc3nccc1c23. The highest BCUT2D eigenvalue weighted by atomic mass is 32.1. The van der Waals surface area contributed by atoms with Gasteiger partial charge >= 0.3 is 6.03 Å². The molecule has 1 fully saturated rings. The van der Waals surface area contributed by atoms with Gasteiger partial charge in [0.1, 0.15) is 9.71 Å². The summed E-state index contributed by atoms with van der Waals surface area (Å²) >= 11 is 1.33. The number of nitrogens with zero attached hydrogens (tertiary/aromatic N) is 3. The molecule has 0 radical (unpaired) electrons. The van der Waals surface area contributed by atoms with Gasteiger partial charge in [0.05, 0.1) is 22.4 Å². The second-order valence-corrected chi connectivity index (χ2v) is 8.94. The number of aryl methyl sites for hydroxylation is 1. The van der Waals surface area contributed by atoms with Gasteiger partial charge in [-0.15, -0.1) is 11.3 Å². The average molecular weight is 422 g/mol. The summed E-state index contributed by atoms with van der Waals surface area (Å²) in [6, 6.07) is 9.44. The Hall–Kier alpha value is -2.97. The largest absolute Gasteiger partial charge is 0.347 e. The molecule has 0 saturated carbocycles.